The van der Waals surface area contributed by atoms with E-state index in [1.54, 1.807) is 22.8 Å². The van der Waals surface area contributed by atoms with Crippen LogP contribution in [0.25, 0.3) is 0 Å². The van der Waals surface area contributed by atoms with Crippen molar-refractivity contribution in [3.05, 3.63) is 12.7 Å². The van der Waals surface area contributed by atoms with Crippen molar-refractivity contribution in [3.8, 4) is 0 Å². The van der Waals surface area contributed by atoms with Crippen LogP contribution < -0.4 is 0 Å². The zero-order valence-corrected chi connectivity index (χ0v) is 20.5. The number of aliphatic hydroxyl groups excluding tert-OH is 1. The smallest absolute Gasteiger partial charge is 0.312 e. The molecule has 0 saturated carbocycles. The number of hydrogen-bond donors (Lipinski definition) is 1. The molecule has 0 aromatic carbocycles. The molecule has 1 spiro atoms. The zero-order chi connectivity index (χ0) is 24.4. The molecule has 8 nitrogen and oxygen atoms in total. The summed E-state index contributed by atoms with van der Waals surface area (Å²) >= 11 is 0. The Kier molecular flexibility index (Phi) is 7.89. The summed E-state index contributed by atoms with van der Waals surface area (Å²) in [6.45, 7) is 12.6. The molecule has 3 fully saturated rings. The van der Waals surface area contributed by atoms with Gasteiger partial charge in [0, 0.05) is 25.2 Å². The molecule has 3 aliphatic rings. The van der Waals surface area contributed by atoms with Crippen LogP contribution in [0.3, 0.4) is 0 Å². The normalized spacial score (nSPS) is 30.5. The summed E-state index contributed by atoms with van der Waals surface area (Å²) in [5.74, 6) is -2.09. The van der Waals surface area contributed by atoms with E-state index in [4.69, 9.17) is 14.6 Å². The van der Waals surface area contributed by atoms with Crippen molar-refractivity contribution in [3.63, 3.8) is 0 Å². The van der Waals surface area contributed by atoms with Crippen LogP contribution in [-0.2, 0) is 23.9 Å². The van der Waals surface area contributed by atoms with Gasteiger partial charge >= 0.3 is 5.97 Å². The Balaban J connectivity index is 1.96. The number of ether oxygens (including phenoxy) is 2. The number of nitrogens with zero attached hydrogens (tertiary/aromatic N) is 2. The van der Waals surface area contributed by atoms with Crippen LogP contribution in [-0.4, -0.2) is 82.3 Å². The van der Waals surface area contributed by atoms with Gasteiger partial charge in [0.25, 0.3) is 0 Å². The first-order chi connectivity index (χ1) is 15.6. The summed E-state index contributed by atoms with van der Waals surface area (Å²) in [5, 5.41) is 9.04. The number of carbonyl (C=O) groups is 3. The van der Waals surface area contributed by atoms with E-state index in [0.29, 0.717) is 25.9 Å². The second-order valence-electron chi connectivity index (χ2n) is 10.4. The van der Waals surface area contributed by atoms with E-state index in [-0.39, 0.29) is 31.1 Å². The first-order valence-corrected chi connectivity index (χ1v) is 12.3. The molecule has 3 aliphatic heterocycles. The van der Waals surface area contributed by atoms with Crippen molar-refractivity contribution < 1.29 is 29.0 Å². The lowest BCUT2D eigenvalue weighted by molar-refractivity contribution is -0.155. The van der Waals surface area contributed by atoms with Crippen molar-refractivity contribution in [2.45, 2.75) is 89.5 Å². The predicted molar refractivity (Wildman–Crippen MR) is 123 cm³/mol. The van der Waals surface area contributed by atoms with Crippen molar-refractivity contribution in [1.82, 2.24) is 9.80 Å². The van der Waals surface area contributed by atoms with Crippen LogP contribution in [0.1, 0.15) is 66.2 Å². The maximum absolute atomic E-state index is 14.1. The van der Waals surface area contributed by atoms with Crippen LogP contribution in [0.15, 0.2) is 12.7 Å². The number of amides is 2. The fraction of sp³-hybridized carbons (Fsp3) is 0.800. The van der Waals surface area contributed by atoms with E-state index in [1.165, 1.54) is 0 Å². The zero-order valence-electron chi connectivity index (χ0n) is 20.5. The van der Waals surface area contributed by atoms with E-state index >= 15 is 0 Å². The molecule has 5 atom stereocenters. The van der Waals surface area contributed by atoms with Gasteiger partial charge in [-0.3, -0.25) is 14.4 Å². The minimum absolute atomic E-state index is 0.146. The number of carbonyl (C=O) groups excluding carboxylic acids is 3. The molecule has 0 aromatic heterocycles. The van der Waals surface area contributed by atoms with Crippen LogP contribution in [0.5, 0.6) is 0 Å². The van der Waals surface area contributed by atoms with Crippen LogP contribution >= 0.6 is 0 Å². The summed E-state index contributed by atoms with van der Waals surface area (Å²) in [5.41, 5.74) is -1.46. The molecule has 2 amide bonds. The van der Waals surface area contributed by atoms with Gasteiger partial charge in [0.1, 0.15) is 11.6 Å². The van der Waals surface area contributed by atoms with Crippen molar-refractivity contribution >= 4 is 17.8 Å². The number of unbranched alkanes of at least 4 members (excludes halogenated alkanes) is 3. The Morgan fingerprint density at radius 1 is 1.30 bits per heavy atom. The molecule has 186 valence electrons. The number of likely N-dealkylation sites (tertiary alicyclic amines) is 1. The third kappa shape index (κ3) is 4.56. The topological polar surface area (TPSA) is 96.4 Å². The molecule has 8 heteroatoms. The summed E-state index contributed by atoms with van der Waals surface area (Å²) in [7, 11) is 0. The third-order valence-electron chi connectivity index (χ3n) is 7.29. The van der Waals surface area contributed by atoms with Gasteiger partial charge < -0.3 is 24.4 Å². The van der Waals surface area contributed by atoms with E-state index in [0.717, 1.165) is 25.7 Å². The largest absolute Gasteiger partial charge is 0.466 e. The molecular weight excluding hydrogens is 424 g/mol. The van der Waals surface area contributed by atoms with Gasteiger partial charge in [-0.2, -0.15) is 0 Å². The molecule has 3 heterocycles. The van der Waals surface area contributed by atoms with Crippen molar-refractivity contribution in [2.24, 2.45) is 11.8 Å². The Labute approximate surface area is 197 Å². The summed E-state index contributed by atoms with van der Waals surface area (Å²) in [6.07, 6.45) is 5.68. The van der Waals surface area contributed by atoms with E-state index in [1.807, 2.05) is 20.8 Å². The minimum Gasteiger partial charge on any atom is -0.466 e. The SMILES string of the molecule is C=CCN(C(=O)[C@@H]1N(CCCCCCO)C(=O)[C@H]2[C@H](C(=O)OCC)[C@@H]3CC[C@]12O3)C(C)(C)C. The second-order valence-corrected chi connectivity index (χ2v) is 10.4. The standard InChI is InChI=1S/C25H40N2O6/c1-6-14-27(24(3,4)5)22(30)20-25-13-12-17(33-25)18(23(31)32-7-2)19(25)21(29)26(20)15-10-8-9-11-16-28/h6,17-20,28H,1,7-16H2,2-5H3/t17-,18+,19+,20-,25+/m0/s1. The van der Waals surface area contributed by atoms with Gasteiger partial charge in [0.2, 0.25) is 11.8 Å². The van der Waals surface area contributed by atoms with Gasteiger partial charge in [-0.05, 0) is 53.4 Å². The number of hydrogen-bond acceptors (Lipinski definition) is 6. The molecule has 33 heavy (non-hydrogen) atoms. The average Bonchev–Trinajstić information content (AvgIpc) is 3.38. The maximum Gasteiger partial charge on any atom is 0.312 e. The van der Waals surface area contributed by atoms with Crippen molar-refractivity contribution in [1.29, 1.82) is 0 Å². The Bertz CT molecular complexity index is 762. The summed E-state index contributed by atoms with van der Waals surface area (Å²) < 4.78 is 11.7. The van der Waals surface area contributed by atoms with E-state index < -0.39 is 35.0 Å². The molecule has 1 N–H and O–H groups in total. The summed E-state index contributed by atoms with van der Waals surface area (Å²) in [6, 6.07) is -0.767. The fourth-order valence-electron chi connectivity index (χ4n) is 5.90. The lowest BCUT2D eigenvalue weighted by atomic mass is 9.70. The number of esters is 1. The molecule has 0 aliphatic carbocycles. The highest BCUT2D eigenvalue weighted by atomic mass is 16.6. The van der Waals surface area contributed by atoms with Gasteiger partial charge in [-0.1, -0.05) is 18.9 Å². The predicted octanol–water partition coefficient (Wildman–Crippen LogP) is 2.29. The summed E-state index contributed by atoms with van der Waals surface area (Å²) in [4.78, 5) is 44.1. The molecule has 3 saturated heterocycles. The first-order valence-electron chi connectivity index (χ1n) is 12.3. The number of rotatable bonds is 11. The molecule has 3 rings (SSSR count). The monoisotopic (exact) mass is 464 g/mol. The van der Waals surface area contributed by atoms with E-state index in [2.05, 4.69) is 6.58 Å². The molecule has 0 unspecified atom stereocenters. The van der Waals surface area contributed by atoms with Crippen LogP contribution in [0.2, 0.25) is 0 Å². The number of aliphatic hydroxyl groups is 1. The van der Waals surface area contributed by atoms with Gasteiger partial charge in [0.05, 0.1) is 24.5 Å². The van der Waals surface area contributed by atoms with Crippen molar-refractivity contribution in [2.75, 3.05) is 26.3 Å². The van der Waals surface area contributed by atoms with Gasteiger partial charge in [-0.15, -0.1) is 6.58 Å². The highest BCUT2D eigenvalue weighted by Gasteiger charge is 2.75. The lowest BCUT2D eigenvalue weighted by Gasteiger charge is -2.42. The Morgan fingerprint density at radius 2 is 2.00 bits per heavy atom. The molecular formula is C25H40N2O6. The first kappa shape index (κ1) is 25.7. The fourth-order valence-corrected chi connectivity index (χ4v) is 5.90. The highest BCUT2D eigenvalue weighted by Crippen LogP contribution is 2.59. The maximum atomic E-state index is 14.1. The number of fused-ring (bicyclic) bond motifs is 1. The molecule has 0 aromatic rings. The Morgan fingerprint density at radius 3 is 2.61 bits per heavy atom. The molecule has 0 radical (unpaired) electrons. The Hall–Kier alpha value is -1.93. The van der Waals surface area contributed by atoms with E-state index in [9.17, 15) is 14.4 Å². The molecule has 2 bridgehead atoms. The van der Waals surface area contributed by atoms with Crippen LogP contribution in [0, 0.1) is 11.8 Å². The quantitative estimate of drug-likeness (QED) is 0.286. The van der Waals surface area contributed by atoms with Crippen LogP contribution in [0.4, 0.5) is 0 Å². The third-order valence-corrected chi connectivity index (χ3v) is 7.29. The second kappa shape index (κ2) is 10.1. The lowest BCUT2D eigenvalue weighted by Crippen LogP contribution is -2.59. The average molecular weight is 465 g/mol. The van der Waals surface area contributed by atoms with Gasteiger partial charge in [-0.25, -0.2) is 0 Å². The van der Waals surface area contributed by atoms with Gasteiger partial charge in [0.15, 0.2) is 0 Å². The highest BCUT2D eigenvalue weighted by molar-refractivity contribution is 5.98. The minimum atomic E-state index is -0.994.